The summed E-state index contributed by atoms with van der Waals surface area (Å²) in [4.78, 5) is 25.7. The van der Waals surface area contributed by atoms with Gasteiger partial charge in [0.05, 0.1) is 24.5 Å². The Morgan fingerprint density at radius 1 is 1.27 bits per heavy atom. The molecule has 0 bridgehead atoms. The van der Waals surface area contributed by atoms with Crippen LogP contribution in [0.1, 0.15) is 40.3 Å². The molecule has 7 heteroatoms. The summed E-state index contributed by atoms with van der Waals surface area (Å²) in [5, 5.41) is 9.01. The quantitative estimate of drug-likeness (QED) is 0.906. The lowest BCUT2D eigenvalue weighted by atomic mass is 10.0. The standard InChI is InChI=1S/C19H20FNO5/c1-11-10-25-15(7-17(22)23)18(11)19(24)21-8-12(2)26-16(9-21)13-3-5-14(20)6-4-13/h3-6,10,12,16H,7-9H2,1-2H3,(H,22,23). The lowest BCUT2D eigenvalue weighted by Crippen LogP contribution is -2.46. The van der Waals surface area contributed by atoms with Gasteiger partial charge in [0.1, 0.15) is 24.1 Å². The van der Waals surface area contributed by atoms with E-state index in [0.29, 0.717) is 24.2 Å². The molecule has 6 nitrogen and oxygen atoms in total. The molecule has 0 saturated carbocycles. The molecule has 1 saturated heterocycles. The number of aryl methyl sites for hydroxylation is 1. The number of carbonyl (C=O) groups excluding carboxylic acids is 1. The predicted molar refractivity (Wildman–Crippen MR) is 90.4 cm³/mol. The average molecular weight is 361 g/mol. The third-order valence-electron chi connectivity index (χ3n) is 4.37. The SMILES string of the molecule is Cc1coc(CC(=O)O)c1C(=O)N1CC(C)OC(c2ccc(F)cc2)C1. The van der Waals surface area contributed by atoms with Gasteiger partial charge in [0.2, 0.25) is 0 Å². The molecule has 1 aliphatic rings. The first-order chi connectivity index (χ1) is 12.3. The second-order valence-corrected chi connectivity index (χ2v) is 6.48. The van der Waals surface area contributed by atoms with Gasteiger partial charge in [-0.15, -0.1) is 0 Å². The summed E-state index contributed by atoms with van der Waals surface area (Å²) >= 11 is 0. The minimum absolute atomic E-state index is 0.150. The lowest BCUT2D eigenvalue weighted by Gasteiger charge is -2.37. The molecule has 26 heavy (non-hydrogen) atoms. The van der Waals surface area contributed by atoms with Crippen LogP contribution in [-0.4, -0.2) is 41.1 Å². The van der Waals surface area contributed by atoms with Crippen LogP contribution in [0.15, 0.2) is 34.9 Å². The van der Waals surface area contributed by atoms with Gasteiger partial charge in [-0.25, -0.2) is 4.39 Å². The molecule has 1 aliphatic heterocycles. The molecular weight excluding hydrogens is 341 g/mol. The maximum absolute atomic E-state index is 13.2. The Labute approximate surface area is 150 Å². The highest BCUT2D eigenvalue weighted by atomic mass is 19.1. The fourth-order valence-electron chi connectivity index (χ4n) is 3.19. The van der Waals surface area contributed by atoms with Crippen molar-refractivity contribution < 1.29 is 28.2 Å². The molecule has 0 radical (unpaired) electrons. The van der Waals surface area contributed by atoms with Gasteiger partial charge in [-0.1, -0.05) is 12.1 Å². The highest BCUT2D eigenvalue weighted by Gasteiger charge is 2.32. The summed E-state index contributed by atoms with van der Waals surface area (Å²) in [7, 11) is 0. The zero-order valence-corrected chi connectivity index (χ0v) is 14.6. The first kappa shape index (κ1) is 18.1. The number of ether oxygens (including phenoxy) is 1. The third-order valence-corrected chi connectivity index (χ3v) is 4.37. The minimum atomic E-state index is -1.06. The van der Waals surface area contributed by atoms with Gasteiger partial charge >= 0.3 is 5.97 Å². The Kier molecular flexibility index (Phi) is 5.08. The molecule has 0 spiro atoms. The molecule has 1 N–H and O–H groups in total. The Morgan fingerprint density at radius 2 is 1.96 bits per heavy atom. The average Bonchev–Trinajstić information content (AvgIpc) is 2.94. The predicted octanol–water partition coefficient (Wildman–Crippen LogP) is 2.96. The van der Waals surface area contributed by atoms with Crippen LogP contribution in [0.4, 0.5) is 4.39 Å². The number of hydrogen-bond donors (Lipinski definition) is 1. The largest absolute Gasteiger partial charge is 0.481 e. The van der Waals surface area contributed by atoms with E-state index in [4.69, 9.17) is 14.3 Å². The maximum Gasteiger partial charge on any atom is 0.311 e. The molecule has 1 aromatic heterocycles. The fraction of sp³-hybridized carbons (Fsp3) is 0.368. The first-order valence-electron chi connectivity index (χ1n) is 8.34. The van der Waals surface area contributed by atoms with E-state index < -0.39 is 5.97 Å². The second kappa shape index (κ2) is 7.29. The monoisotopic (exact) mass is 361 g/mol. The van der Waals surface area contributed by atoms with Crippen molar-refractivity contribution in [1.29, 1.82) is 0 Å². The molecule has 0 aliphatic carbocycles. The molecule has 1 amide bonds. The van der Waals surface area contributed by atoms with Crippen LogP contribution < -0.4 is 0 Å². The van der Waals surface area contributed by atoms with Crippen molar-refractivity contribution in [3.05, 3.63) is 58.8 Å². The van der Waals surface area contributed by atoms with Gasteiger partial charge in [-0.3, -0.25) is 9.59 Å². The van der Waals surface area contributed by atoms with E-state index in [1.165, 1.54) is 18.4 Å². The van der Waals surface area contributed by atoms with Crippen molar-refractivity contribution in [2.24, 2.45) is 0 Å². The maximum atomic E-state index is 13.2. The number of halogens is 1. The van der Waals surface area contributed by atoms with Gasteiger partial charge < -0.3 is 19.2 Å². The van der Waals surface area contributed by atoms with Crippen LogP contribution >= 0.6 is 0 Å². The number of aliphatic carboxylic acids is 1. The number of nitrogens with zero attached hydrogens (tertiary/aromatic N) is 1. The second-order valence-electron chi connectivity index (χ2n) is 6.48. The Bertz CT molecular complexity index is 814. The number of amides is 1. The zero-order valence-electron chi connectivity index (χ0n) is 14.6. The van der Waals surface area contributed by atoms with Gasteiger partial charge in [-0.05, 0) is 31.5 Å². The van der Waals surface area contributed by atoms with Gasteiger partial charge in [0.15, 0.2) is 0 Å². The van der Waals surface area contributed by atoms with Crippen LogP contribution in [0.3, 0.4) is 0 Å². The highest BCUT2D eigenvalue weighted by Crippen LogP contribution is 2.28. The molecule has 2 aromatic rings. The highest BCUT2D eigenvalue weighted by molar-refractivity contribution is 5.97. The number of carboxylic acids is 1. The summed E-state index contributed by atoms with van der Waals surface area (Å²) in [6, 6.07) is 5.99. The Morgan fingerprint density at radius 3 is 2.62 bits per heavy atom. The zero-order chi connectivity index (χ0) is 18.8. The Hall–Kier alpha value is -2.67. The summed E-state index contributed by atoms with van der Waals surface area (Å²) in [5.74, 6) is -1.53. The van der Waals surface area contributed by atoms with Gasteiger partial charge in [-0.2, -0.15) is 0 Å². The van der Waals surface area contributed by atoms with Crippen molar-refractivity contribution in [3.8, 4) is 0 Å². The lowest BCUT2D eigenvalue weighted by molar-refractivity contribution is -0.136. The number of morpholine rings is 1. The van der Waals surface area contributed by atoms with Gasteiger partial charge in [0.25, 0.3) is 5.91 Å². The van der Waals surface area contributed by atoms with E-state index in [2.05, 4.69) is 0 Å². The number of carboxylic acid groups (broad SMARTS) is 1. The summed E-state index contributed by atoms with van der Waals surface area (Å²) in [6.07, 6.45) is 0.458. The molecule has 3 rings (SSSR count). The van der Waals surface area contributed by atoms with Crippen LogP contribution in [0.5, 0.6) is 0 Å². The molecule has 2 heterocycles. The number of hydrogen-bond acceptors (Lipinski definition) is 4. The topological polar surface area (TPSA) is 80.0 Å². The Balaban J connectivity index is 1.84. The molecule has 2 unspecified atom stereocenters. The van der Waals surface area contributed by atoms with E-state index in [1.807, 2.05) is 6.92 Å². The minimum Gasteiger partial charge on any atom is -0.481 e. The van der Waals surface area contributed by atoms with Crippen LogP contribution in [0.25, 0.3) is 0 Å². The molecule has 138 valence electrons. The number of carbonyl (C=O) groups is 2. The fourth-order valence-corrected chi connectivity index (χ4v) is 3.19. The summed E-state index contributed by atoms with van der Waals surface area (Å²) in [6.45, 7) is 4.25. The van der Waals surface area contributed by atoms with E-state index in [1.54, 1.807) is 24.0 Å². The number of benzene rings is 1. The number of rotatable bonds is 4. The van der Waals surface area contributed by atoms with E-state index in [9.17, 15) is 14.0 Å². The van der Waals surface area contributed by atoms with Crippen molar-refractivity contribution in [1.82, 2.24) is 4.90 Å². The summed E-state index contributed by atoms with van der Waals surface area (Å²) < 4.78 is 24.3. The van der Waals surface area contributed by atoms with Crippen LogP contribution in [0, 0.1) is 12.7 Å². The van der Waals surface area contributed by atoms with E-state index in [0.717, 1.165) is 5.56 Å². The van der Waals surface area contributed by atoms with Crippen molar-refractivity contribution in [3.63, 3.8) is 0 Å². The normalized spacial score (nSPS) is 20.2. The molecule has 1 aromatic carbocycles. The van der Waals surface area contributed by atoms with Crippen LogP contribution in [-0.2, 0) is 16.0 Å². The van der Waals surface area contributed by atoms with Crippen molar-refractivity contribution in [2.45, 2.75) is 32.5 Å². The van der Waals surface area contributed by atoms with Crippen molar-refractivity contribution in [2.75, 3.05) is 13.1 Å². The van der Waals surface area contributed by atoms with Gasteiger partial charge in [0, 0.05) is 12.1 Å². The van der Waals surface area contributed by atoms with E-state index >= 15 is 0 Å². The third kappa shape index (κ3) is 3.77. The smallest absolute Gasteiger partial charge is 0.311 e. The van der Waals surface area contributed by atoms with E-state index in [-0.39, 0.29) is 36.1 Å². The van der Waals surface area contributed by atoms with Crippen LogP contribution in [0.2, 0.25) is 0 Å². The summed E-state index contributed by atoms with van der Waals surface area (Å²) in [5.41, 5.74) is 1.67. The molecular formula is C19H20FNO5. The molecule has 1 fully saturated rings. The molecule has 2 atom stereocenters. The van der Waals surface area contributed by atoms with Crippen molar-refractivity contribution >= 4 is 11.9 Å². The number of furan rings is 1. The first-order valence-corrected chi connectivity index (χ1v) is 8.34.